The van der Waals surface area contributed by atoms with Gasteiger partial charge in [-0.15, -0.1) is 0 Å². The summed E-state index contributed by atoms with van der Waals surface area (Å²) < 4.78 is 37.0. The second-order valence-electron chi connectivity index (χ2n) is 10.9. The predicted octanol–water partition coefficient (Wildman–Crippen LogP) is 4.16. The Morgan fingerprint density at radius 2 is 1.54 bits per heavy atom. The number of nitrogens with one attached hydrogen (secondary N) is 2. The number of unbranched alkanes of at least 4 members (excludes halogenated alkanes) is 1. The van der Waals surface area contributed by atoms with Crippen LogP contribution in [0, 0.1) is 5.82 Å². The average Bonchev–Trinajstić information content (AvgIpc) is 3.76. The molecule has 1 aliphatic heterocycles. The molecule has 0 radical (unpaired) electrons. The molecule has 1 saturated heterocycles. The summed E-state index contributed by atoms with van der Waals surface area (Å²) in [7, 11) is -3.13. The topological polar surface area (TPSA) is 95.6 Å². The van der Waals surface area contributed by atoms with Crippen LogP contribution >= 0.6 is 0 Å². The lowest BCUT2D eigenvalue weighted by Gasteiger charge is -2.30. The van der Waals surface area contributed by atoms with Crippen LogP contribution in [-0.4, -0.2) is 68.4 Å². The molecule has 2 amide bonds. The maximum atomic E-state index is 13.4. The average molecular weight is 578 g/mol. The molecule has 3 aromatic rings. The van der Waals surface area contributed by atoms with Gasteiger partial charge in [-0.25, -0.2) is 12.8 Å². The molecule has 2 N–H and O–H groups in total. The number of hydrogen-bond donors (Lipinski definition) is 2. The number of benzene rings is 3. The number of nitrogens with zero attached hydrogens (tertiary/aromatic N) is 1. The minimum absolute atomic E-state index is 0.0547. The molecule has 216 valence electrons. The fourth-order valence-corrected chi connectivity index (χ4v) is 6.56. The van der Waals surface area contributed by atoms with E-state index in [1.165, 1.54) is 12.1 Å². The highest BCUT2D eigenvalue weighted by Crippen LogP contribution is 2.40. The van der Waals surface area contributed by atoms with E-state index in [4.69, 9.17) is 0 Å². The summed E-state index contributed by atoms with van der Waals surface area (Å²) in [5.41, 5.74) is 3.65. The normalized spacial score (nSPS) is 20.3. The minimum Gasteiger partial charge on any atom is -0.340 e. The Balaban J connectivity index is 1.15. The molecule has 1 saturated carbocycles. The number of carbonyl (C=O) groups excluding carboxylic acids is 2. The van der Waals surface area contributed by atoms with Crippen molar-refractivity contribution >= 4 is 21.7 Å². The molecule has 7 nitrogen and oxygen atoms in total. The van der Waals surface area contributed by atoms with Gasteiger partial charge in [0.15, 0.2) is 9.84 Å². The van der Waals surface area contributed by atoms with E-state index >= 15 is 0 Å². The summed E-state index contributed by atoms with van der Waals surface area (Å²) in [6, 6.07) is 23.5. The van der Waals surface area contributed by atoms with Crippen LogP contribution in [-0.2, 0) is 14.6 Å². The maximum absolute atomic E-state index is 13.4. The van der Waals surface area contributed by atoms with E-state index in [1.54, 1.807) is 17.0 Å². The van der Waals surface area contributed by atoms with Crippen molar-refractivity contribution in [3.05, 3.63) is 95.8 Å². The largest absolute Gasteiger partial charge is 0.340 e. The summed E-state index contributed by atoms with van der Waals surface area (Å²) in [4.78, 5) is 28.1. The van der Waals surface area contributed by atoms with E-state index in [0.717, 1.165) is 42.5 Å². The Morgan fingerprint density at radius 3 is 2.22 bits per heavy atom. The lowest BCUT2D eigenvalue weighted by Crippen LogP contribution is -2.52. The van der Waals surface area contributed by atoms with Crippen molar-refractivity contribution in [1.82, 2.24) is 15.5 Å². The molecule has 0 spiro atoms. The third kappa shape index (κ3) is 7.80. The lowest BCUT2D eigenvalue weighted by atomic mass is 10.0. The fourth-order valence-electron chi connectivity index (χ4n) is 5.36. The van der Waals surface area contributed by atoms with Gasteiger partial charge in [-0.3, -0.25) is 9.59 Å². The minimum atomic E-state index is -3.13. The van der Waals surface area contributed by atoms with Crippen molar-refractivity contribution in [3.8, 4) is 11.1 Å². The molecule has 41 heavy (non-hydrogen) atoms. The smallest absolute Gasteiger partial charge is 0.251 e. The van der Waals surface area contributed by atoms with Gasteiger partial charge in [0.2, 0.25) is 5.91 Å². The number of carbonyl (C=O) groups is 2. The highest BCUT2D eigenvalue weighted by molar-refractivity contribution is 7.91. The zero-order chi connectivity index (χ0) is 28.8. The molecule has 3 atom stereocenters. The number of halogens is 1. The first-order valence-corrected chi connectivity index (χ1v) is 16.1. The molecule has 2 fully saturated rings. The molecular formula is C32H36FN3O4S. The van der Waals surface area contributed by atoms with Crippen LogP contribution < -0.4 is 10.6 Å². The SMILES string of the molecule is O=C(N[C@@H](CCCCN[C@H]1C[C@@H]1c1ccc(F)cc1)C(=O)N1CCS(=O)(=O)CC1)c1ccc(-c2ccccc2)cc1. The van der Waals surface area contributed by atoms with Crippen LogP contribution in [0.4, 0.5) is 4.39 Å². The van der Waals surface area contributed by atoms with Crippen LogP contribution in [0.1, 0.15) is 47.5 Å². The highest BCUT2D eigenvalue weighted by Gasteiger charge is 2.37. The van der Waals surface area contributed by atoms with Crippen LogP contribution in [0.25, 0.3) is 11.1 Å². The van der Waals surface area contributed by atoms with Gasteiger partial charge >= 0.3 is 0 Å². The Bertz CT molecular complexity index is 1430. The van der Waals surface area contributed by atoms with Crippen LogP contribution in [0.2, 0.25) is 0 Å². The van der Waals surface area contributed by atoms with E-state index in [0.29, 0.717) is 23.9 Å². The maximum Gasteiger partial charge on any atom is 0.251 e. The van der Waals surface area contributed by atoms with E-state index in [1.807, 2.05) is 54.6 Å². The van der Waals surface area contributed by atoms with Gasteiger partial charge in [-0.2, -0.15) is 0 Å². The number of amides is 2. The molecule has 3 aromatic carbocycles. The van der Waals surface area contributed by atoms with Gasteiger partial charge < -0.3 is 15.5 Å². The van der Waals surface area contributed by atoms with Gasteiger partial charge in [0.1, 0.15) is 11.9 Å². The third-order valence-electron chi connectivity index (χ3n) is 7.93. The fraction of sp³-hybridized carbons (Fsp3) is 0.375. The van der Waals surface area contributed by atoms with E-state index < -0.39 is 15.9 Å². The third-order valence-corrected chi connectivity index (χ3v) is 9.54. The summed E-state index contributed by atoms with van der Waals surface area (Å²) in [5, 5.41) is 6.46. The molecule has 2 aliphatic rings. The second-order valence-corrected chi connectivity index (χ2v) is 13.2. The Labute approximate surface area is 241 Å². The summed E-state index contributed by atoms with van der Waals surface area (Å²) in [5.74, 6) is -0.508. The zero-order valence-electron chi connectivity index (χ0n) is 23.0. The van der Waals surface area contributed by atoms with Crippen molar-refractivity contribution in [1.29, 1.82) is 0 Å². The van der Waals surface area contributed by atoms with Crippen molar-refractivity contribution in [2.45, 2.75) is 43.7 Å². The Kier molecular flexibility index (Phi) is 9.15. The first-order chi connectivity index (χ1) is 19.8. The first kappa shape index (κ1) is 29.0. The standard InChI is InChI=1S/C32H36FN3O4S/c33-27-15-13-25(14-16-27)28-22-30(28)34-17-5-4-8-29(32(38)36-18-20-41(39,40)21-19-36)35-31(37)26-11-9-24(10-12-26)23-6-2-1-3-7-23/h1-3,6-7,9-16,28-30,34H,4-5,8,17-22H2,(H,35,37)/t28-,29+,30+/m1/s1. The summed E-state index contributed by atoms with van der Waals surface area (Å²) in [6.45, 7) is 1.07. The quantitative estimate of drug-likeness (QED) is 0.334. The van der Waals surface area contributed by atoms with Crippen molar-refractivity contribution in [2.75, 3.05) is 31.1 Å². The van der Waals surface area contributed by atoms with Crippen LogP contribution in [0.5, 0.6) is 0 Å². The van der Waals surface area contributed by atoms with Crippen molar-refractivity contribution < 1.29 is 22.4 Å². The molecule has 9 heteroatoms. The van der Waals surface area contributed by atoms with Gasteiger partial charge in [0.05, 0.1) is 11.5 Å². The van der Waals surface area contributed by atoms with Crippen LogP contribution in [0.15, 0.2) is 78.9 Å². The molecule has 0 aromatic heterocycles. The molecule has 0 unspecified atom stereocenters. The van der Waals surface area contributed by atoms with Gasteiger partial charge in [0, 0.05) is 30.6 Å². The van der Waals surface area contributed by atoms with Crippen molar-refractivity contribution in [2.24, 2.45) is 0 Å². The first-order valence-electron chi connectivity index (χ1n) is 14.2. The monoisotopic (exact) mass is 577 g/mol. The second kappa shape index (κ2) is 13.0. The molecule has 1 aliphatic carbocycles. The molecular weight excluding hydrogens is 541 g/mol. The highest BCUT2D eigenvalue weighted by atomic mass is 32.2. The summed E-state index contributed by atoms with van der Waals surface area (Å²) in [6.07, 6.45) is 3.02. The van der Waals surface area contributed by atoms with E-state index in [9.17, 15) is 22.4 Å². The number of sulfone groups is 1. The number of hydrogen-bond acceptors (Lipinski definition) is 5. The zero-order valence-corrected chi connectivity index (χ0v) is 23.8. The lowest BCUT2D eigenvalue weighted by molar-refractivity contribution is -0.133. The number of rotatable bonds is 11. The van der Waals surface area contributed by atoms with Gasteiger partial charge in [0.25, 0.3) is 5.91 Å². The summed E-state index contributed by atoms with van der Waals surface area (Å²) >= 11 is 0. The van der Waals surface area contributed by atoms with Gasteiger partial charge in [-0.1, -0.05) is 54.6 Å². The molecule has 0 bridgehead atoms. The van der Waals surface area contributed by atoms with E-state index in [-0.39, 0.29) is 42.2 Å². The van der Waals surface area contributed by atoms with Gasteiger partial charge in [-0.05, 0) is 73.2 Å². The van der Waals surface area contributed by atoms with Crippen LogP contribution in [0.3, 0.4) is 0 Å². The molecule has 5 rings (SSSR count). The molecule has 1 heterocycles. The Morgan fingerprint density at radius 1 is 0.878 bits per heavy atom. The van der Waals surface area contributed by atoms with Crippen molar-refractivity contribution in [3.63, 3.8) is 0 Å². The Hall–Kier alpha value is -3.56. The van der Waals surface area contributed by atoms with E-state index in [2.05, 4.69) is 10.6 Å². The predicted molar refractivity (Wildman–Crippen MR) is 158 cm³/mol.